The summed E-state index contributed by atoms with van der Waals surface area (Å²) in [5.74, 6) is 0.950. The van der Waals surface area contributed by atoms with Crippen LogP contribution in [0.2, 0.25) is 0 Å². The topological polar surface area (TPSA) is 46.2 Å². The molecule has 0 heterocycles. The van der Waals surface area contributed by atoms with Crippen LogP contribution in [0, 0.1) is 11.3 Å². The van der Waals surface area contributed by atoms with Crippen LogP contribution in [0.25, 0.3) is 0 Å². The van der Waals surface area contributed by atoms with Gasteiger partial charge in [-0.05, 0) is 30.6 Å². The molecule has 3 N–H and O–H groups in total. The maximum atomic E-state index is 9.35. The summed E-state index contributed by atoms with van der Waals surface area (Å²) >= 11 is 0. The summed E-state index contributed by atoms with van der Waals surface area (Å²) in [6, 6.07) is 0. The average Bonchev–Trinajstić information content (AvgIpc) is 1.57. The third-order valence-corrected chi connectivity index (χ3v) is 3.02. The molecule has 1 unspecified atom stereocenters. The summed E-state index contributed by atoms with van der Waals surface area (Å²) in [5.41, 5.74) is 5.65. The van der Waals surface area contributed by atoms with E-state index in [2.05, 4.69) is 0 Å². The largest absolute Gasteiger partial charge is 0.391 e. The highest BCUT2D eigenvalue weighted by atomic mass is 16.3. The zero-order chi connectivity index (χ0) is 6.48. The lowest BCUT2D eigenvalue weighted by atomic mass is 9.42. The van der Waals surface area contributed by atoms with Crippen LogP contribution in [0.15, 0.2) is 0 Å². The molecule has 3 aliphatic carbocycles. The van der Waals surface area contributed by atoms with Crippen molar-refractivity contribution in [2.45, 2.75) is 25.4 Å². The van der Waals surface area contributed by atoms with E-state index in [1.54, 1.807) is 0 Å². The second kappa shape index (κ2) is 1.50. The fourth-order valence-corrected chi connectivity index (χ4v) is 2.20. The second-order valence-electron chi connectivity index (χ2n) is 3.59. The van der Waals surface area contributed by atoms with E-state index in [9.17, 15) is 5.11 Å². The number of aliphatic hydroxyl groups excluding tert-OH is 1. The highest BCUT2D eigenvalue weighted by Gasteiger charge is 2.59. The summed E-state index contributed by atoms with van der Waals surface area (Å²) in [4.78, 5) is 0. The fourth-order valence-electron chi connectivity index (χ4n) is 2.20. The molecule has 52 valence electrons. The number of aliphatic hydroxyl groups is 1. The molecule has 0 aromatic carbocycles. The molecule has 0 radical (unpaired) electrons. The molecular weight excluding hydrogens is 114 g/mol. The summed E-state index contributed by atoms with van der Waals surface area (Å²) in [6.45, 7) is 0.451. The zero-order valence-electron chi connectivity index (χ0n) is 5.51. The first-order chi connectivity index (χ1) is 4.27. The van der Waals surface area contributed by atoms with Gasteiger partial charge in [0.15, 0.2) is 0 Å². The molecule has 0 amide bonds. The predicted octanol–water partition coefficient (Wildman–Crippen LogP) is 0.106. The Labute approximate surface area is 55.1 Å². The van der Waals surface area contributed by atoms with Gasteiger partial charge in [0.1, 0.15) is 0 Å². The van der Waals surface area contributed by atoms with Gasteiger partial charge in [-0.2, -0.15) is 0 Å². The van der Waals surface area contributed by atoms with E-state index in [1.807, 2.05) is 0 Å². The lowest BCUT2D eigenvalue weighted by Gasteiger charge is -2.64. The molecule has 3 saturated carbocycles. The van der Waals surface area contributed by atoms with Gasteiger partial charge >= 0.3 is 0 Å². The summed E-state index contributed by atoms with van der Waals surface area (Å²) < 4.78 is 0. The van der Waals surface area contributed by atoms with Crippen LogP contribution in [0.3, 0.4) is 0 Å². The maximum Gasteiger partial charge on any atom is 0.0718 e. The monoisotopic (exact) mass is 127 g/mol. The van der Waals surface area contributed by atoms with Crippen LogP contribution in [0.4, 0.5) is 0 Å². The Morgan fingerprint density at radius 3 is 2.22 bits per heavy atom. The third kappa shape index (κ3) is 0.528. The molecule has 0 aromatic heterocycles. The Kier molecular flexibility index (Phi) is 0.945. The van der Waals surface area contributed by atoms with Gasteiger partial charge in [-0.1, -0.05) is 0 Å². The molecular formula is C7H13NO. The first-order valence-corrected chi connectivity index (χ1v) is 3.65. The van der Waals surface area contributed by atoms with E-state index in [4.69, 9.17) is 5.73 Å². The van der Waals surface area contributed by atoms with Crippen molar-refractivity contribution in [2.75, 3.05) is 6.54 Å². The predicted molar refractivity (Wildman–Crippen MR) is 34.8 cm³/mol. The first-order valence-electron chi connectivity index (χ1n) is 3.65. The Morgan fingerprint density at radius 1 is 1.56 bits per heavy atom. The third-order valence-electron chi connectivity index (χ3n) is 3.02. The van der Waals surface area contributed by atoms with Crippen LogP contribution >= 0.6 is 0 Å². The Morgan fingerprint density at radius 2 is 2.11 bits per heavy atom. The van der Waals surface area contributed by atoms with Crippen molar-refractivity contribution in [1.82, 2.24) is 0 Å². The van der Waals surface area contributed by atoms with Crippen molar-refractivity contribution in [3.05, 3.63) is 0 Å². The Bertz CT molecular complexity index is 118. The molecule has 0 spiro atoms. The molecule has 9 heavy (non-hydrogen) atoms. The van der Waals surface area contributed by atoms with Crippen LogP contribution in [0.1, 0.15) is 19.3 Å². The lowest BCUT2D eigenvalue weighted by Crippen LogP contribution is -2.60. The quantitative estimate of drug-likeness (QED) is 0.553. The van der Waals surface area contributed by atoms with Crippen molar-refractivity contribution in [1.29, 1.82) is 0 Å². The minimum Gasteiger partial charge on any atom is -0.391 e. The van der Waals surface area contributed by atoms with Gasteiger partial charge < -0.3 is 10.8 Å². The maximum absolute atomic E-state index is 9.35. The zero-order valence-corrected chi connectivity index (χ0v) is 5.51. The SMILES string of the molecule is NCC(O)C12CC(C1)C2. The standard InChI is InChI=1S/C7H13NO/c8-4-6(9)7-1-5(2-7)3-7/h5-6,9H,1-4,8H2. The van der Waals surface area contributed by atoms with E-state index in [0.29, 0.717) is 12.0 Å². The van der Waals surface area contributed by atoms with Crippen LogP contribution in [-0.2, 0) is 0 Å². The molecule has 2 bridgehead atoms. The molecule has 2 heteroatoms. The van der Waals surface area contributed by atoms with E-state index in [1.165, 1.54) is 19.3 Å². The van der Waals surface area contributed by atoms with Crippen molar-refractivity contribution < 1.29 is 5.11 Å². The molecule has 0 saturated heterocycles. The lowest BCUT2D eigenvalue weighted by molar-refractivity contribution is -0.179. The fraction of sp³-hybridized carbons (Fsp3) is 1.00. The van der Waals surface area contributed by atoms with Crippen LogP contribution in [0.5, 0.6) is 0 Å². The van der Waals surface area contributed by atoms with Crippen LogP contribution < -0.4 is 5.73 Å². The van der Waals surface area contributed by atoms with E-state index < -0.39 is 0 Å². The summed E-state index contributed by atoms with van der Waals surface area (Å²) in [6.07, 6.45) is 3.52. The number of hydrogen-bond acceptors (Lipinski definition) is 2. The van der Waals surface area contributed by atoms with Crippen molar-refractivity contribution in [3.8, 4) is 0 Å². The van der Waals surface area contributed by atoms with Crippen molar-refractivity contribution >= 4 is 0 Å². The smallest absolute Gasteiger partial charge is 0.0718 e. The normalized spacial score (nSPS) is 49.3. The average molecular weight is 127 g/mol. The minimum atomic E-state index is -0.206. The van der Waals surface area contributed by atoms with E-state index in [0.717, 1.165) is 5.92 Å². The van der Waals surface area contributed by atoms with Gasteiger partial charge in [0.05, 0.1) is 6.10 Å². The summed E-state index contributed by atoms with van der Waals surface area (Å²) in [5, 5.41) is 9.35. The minimum absolute atomic E-state index is 0.206. The van der Waals surface area contributed by atoms with E-state index in [-0.39, 0.29) is 6.10 Å². The van der Waals surface area contributed by atoms with Crippen molar-refractivity contribution in [3.63, 3.8) is 0 Å². The Hall–Kier alpha value is -0.0800. The molecule has 2 nitrogen and oxygen atoms in total. The highest BCUT2D eigenvalue weighted by molar-refractivity contribution is 5.10. The molecule has 0 aromatic rings. The van der Waals surface area contributed by atoms with Gasteiger partial charge in [0.2, 0.25) is 0 Å². The van der Waals surface area contributed by atoms with Gasteiger partial charge in [-0.25, -0.2) is 0 Å². The number of hydrogen-bond donors (Lipinski definition) is 2. The molecule has 0 aliphatic heterocycles. The number of rotatable bonds is 2. The van der Waals surface area contributed by atoms with Gasteiger partial charge in [-0.3, -0.25) is 0 Å². The Balaban J connectivity index is 1.96. The first kappa shape index (κ1) is 5.69. The second-order valence-corrected chi connectivity index (χ2v) is 3.59. The van der Waals surface area contributed by atoms with E-state index >= 15 is 0 Å². The molecule has 3 rings (SSSR count). The van der Waals surface area contributed by atoms with Crippen molar-refractivity contribution in [2.24, 2.45) is 17.1 Å². The summed E-state index contributed by atoms with van der Waals surface area (Å²) in [7, 11) is 0. The van der Waals surface area contributed by atoms with Gasteiger partial charge in [-0.15, -0.1) is 0 Å². The molecule has 3 aliphatic rings. The molecule has 1 atom stereocenters. The van der Waals surface area contributed by atoms with Gasteiger partial charge in [0, 0.05) is 6.54 Å². The van der Waals surface area contributed by atoms with Gasteiger partial charge in [0.25, 0.3) is 0 Å². The highest BCUT2D eigenvalue weighted by Crippen LogP contribution is 2.65. The van der Waals surface area contributed by atoms with Crippen LogP contribution in [-0.4, -0.2) is 17.8 Å². The molecule has 3 fully saturated rings. The number of nitrogens with two attached hydrogens (primary N) is 1.